The number of fused-ring (bicyclic) bond motifs is 1. The number of halogens is 1. The zero-order valence-corrected chi connectivity index (χ0v) is 19.7. The molecule has 0 atom stereocenters. The van der Waals surface area contributed by atoms with Crippen molar-refractivity contribution in [2.45, 2.75) is 44.7 Å². The van der Waals surface area contributed by atoms with Crippen LogP contribution in [0.2, 0.25) is 5.02 Å². The van der Waals surface area contributed by atoms with Crippen LogP contribution in [0.3, 0.4) is 0 Å². The van der Waals surface area contributed by atoms with Gasteiger partial charge in [-0.15, -0.1) is 0 Å². The number of hydrogen-bond donors (Lipinski definition) is 2. The molecule has 5 nitrogen and oxygen atoms in total. The molecule has 0 saturated carbocycles. The van der Waals surface area contributed by atoms with Gasteiger partial charge in [-0.2, -0.15) is 0 Å². The van der Waals surface area contributed by atoms with Crippen molar-refractivity contribution < 1.29 is 14.4 Å². The Morgan fingerprint density at radius 3 is 2.48 bits per heavy atom. The van der Waals surface area contributed by atoms with Crippen molar-refractivity contribution in [1.29, 1.82) is 0 Å². The van der Waals surface area contributed by atoms with E-state index in [0.29, 0.717) is 34.1 Å². The summed E-state index contributed by atoms with van der Waals surface area (Å²) in [5, 5.41) is 15.2. The van der Waals surface area contributed by atoms with Gasteiger partial charge in [-0.3, -0.25) is 0 Å². The summed E-state index contributed by atoms with van der Waals surface area (Å²) < 4.78 is 0.975. The summed E-state index contributed by atoms with van der Waals surface area (Å²) in [5.41, 5.74) is 3.61. The van der Waals surface area contributed by atoms with E-state index < -0.39 is 5.97 Å². The first-order chi connectivity index (χ1) is 16.1. The topological polar surface area (TPSA) is 62.2 Å². The van der Waals surface area contributed by atoms with Gasteiger partial charge in [0.05, 0.1) is 35.9 Å². The van der Waals surface area contributed by atoms with Crippen LogP contribution in [0, 0.1) is 0 Å². The number of carboxylic acids is 1. The minimum Gasteiger partial charge on any atom is -0.478 e. The zero-order chi connectivity index (χ0) is 22.8. The highest BCUT2D eigenvalue weighted by molar-refractivity contribution is 6.31. The van der Waals surface area contributed by atoms with Crippen molar-refractivity contribution in [2.75, 3.05) is 26.2 Å². The lowest BCUT2D eigenvalue weighted by molar-refractivity contribution is -0.968. The average molecular weight is 465 g/mol. The molecule has 2 aliphatic rings. The van der Waals surface area contributed by atoms with Crippen LogP contribution in [-0.2, 0) is 6.54 Å². The van der Waals surface area contributed by atoms with Gasteiger partial charge in [-0.25, -0.2) is 9.78 Å². The maximum Gasteiger partial charge on any atom is 0.336 e. The molecule has 2 fully saturated rings. The van der Waals surface area contributed by atoms with Gasteiger partial charge in [0.2, 0.25) is 0 Å². The largest absolute Gasteiger partial charge is 0.478 e. The molecule has 0 bridgehead atoms. The number of pyridine rings is 1. The number of benzene rings is 2. The standard InChI is InChI=1S/C27H30ClN3O2/c28-20-9-10-22-24(17-20)30-26(19-7-3-1-4-8-19)23(25(22)27(32)33)18-31(15-5-2-6-16-31)21-11-13-29-14-12-21/h1,3-4,7-10,17,21,29H,2,5-6,11-16,18H2/p+1. The molecule has 0 aliphatic carbocycles. The number of carboxylic acid groups (broad SMARTS) is 1. The van der Waals surface area contributed by atoms with Gasteiger partial charge in [0.25, 0.3) is 0 Å². The van der Waals surface area contributed by atoms with E-state index in [2.05, 4.69) is 5.32 Å². The molecule has 0 amide bonds. The second kappa shape index (κ2) is 9.41. The normalized spacial score (nSPS) is 18.9. The molecule has 0 radical (unpaired) electrons. The van der Waals surface area contributed by atoms with Crippen LogP contribution < -0.4 is 5.32 Å². The second-order valence-corrected chi connectivity index (χ2v) is 9.95. The Balaban J connectivity index is 1.73. The van der Waals surface area contributed by atoms with Crippen molar-refractivity contribution in [3.63, 3.8) is 0 Å². The number of quaternary nitrogens is 1. The number of piperidine rings is 2. The molecule has 2 aliphatic heterocycles. The average Bonchev–Trinajstić information content (AvgIpc) is 2.85. The van der Waals surface area contributed by atoms with Gasteiger partial charge < -0.3 is 14.9 Å². The van der Waals surface area contributed by atoms with Crippen molar-refractivity contribution >= 4 is 28.5 Å². The van der Waals surface area contributed by atoms with Crippen LogP contribution in [0.5, 0.6) is 0 Å². The Morgan fingerprint density at radius 1 is 1.06 bits per heavy atom. The molecule has 6 heteroatoms. The summed E-state index contributed by atoms with van der Waals surface area (Å²) in [4.78, 5) is 17.8. The van der Waals surface area contributed by atoms with Crippen molar-refractivity contribution in [2.24, 2.45) is 0 Å². The van der Waals surface area contributed by atoms with E-state index >= 15 is 0 Å². The van der Waals surface area contributed by atoms with E-state index in [1.54, 1.807) is 12.1 Å². The number of nitrogens with zero attached hydrogens (tertiary/aromatic N) is 2. The maximum absolute atomic E-state index is 12.7. The van der Waals surface area contributed by atoms with Gasteiger partial charge in [0.1, 0.15) is 6.54 Å². The van der Waals surface area contributed by atoms with E-state index in [9.17, 15) is 9.90 Å². The molecular formula is C27H31ClN3O2+. The highest BCUT2D eigenvalue weighted by Gasteiger charge is 2.41. The molecule has 172 valence electrons. The monoisotopic (exact) mass is 464 g/mol. The molecule has 2 aromatic carbocycles. The van der Waals surface area contributed by atoms with Gasteiger partial charge in [-0.1, -0.05) is 48.0 Å². The van der Waals surface area contributed by atoms with E-state index in [1.165, 1.54) is 19.3 Å². The number of hydrogen-bond acceptors (Lipinski definition) is 3. The summed E-state index contributed by atoms with van der Waals surface area (Å²) >= 11 is 6.27. The Morgan fingerprint density at radius 2 is 1.79 bits per heavy atom. The molecule has 1 aromatic heterocycles. The smallest absolute Gasteiger partial charge is 0.336 e. The van der Waals surface area contributed by atoms with Crippen LogP contribution in [-0.4, -0.2) is 52.8 Å². The summed E-state index contributed by atoms with van der Waals surface area (Å²) in [5.74, 6) is -0.891. The van der Waals surface area contributed by atoms with Crippen molar-refractivity contribution in [3.05, 3.63) is 64.7 Å². The highest BCUT2D eigenvalue weighted by atomic mass is 35.5. The number of rotatable bonds is 5. The number of likely N-dealkylation sites (tertiary alicyclic amines) is 1. The van der Waals surface area contributed by atoms with Gasteiger partial charge in [0, 0.05) is 47.5 Å². The molecule has 33 heavy (non-hydrogen) atoms. The van der Waals surface area contributed by atoms with E-state index in [-0.39, 0.29) is 0 Å². The molecule has 5 rings (SSSR count). The molecule has 2 N–H and O–H groups in total. The fraction of sp³-hybridized carbons (Fsp3) is 0.407. The second-order valence-electron chi connectivity index (χ2n) is 9.51. The Labute approximate surface area is 200 Å². The third kappa shape index (κ3) is 4.37. The number of nitrogens with one attached hydrogen (secondary N) is 1. The lowest BCUT2D eigenvalue weighted by atomic mass is 9.91. The molecule has 0 spiro atoms. The van der Waals surface area contributed by atoms with Gasteiger partial charge >= 0.3 is 5.97 Å². The Hall–Kier alpha value is -2.47. The molecule has 0 unspecified atom stereocenters. The third-order valence-electron chi connectivity index (χ3n) is 7.57. The van der Waals surface area contributed by atoms with E-state index in [0.717, 1.165) is 60.3 Å². The SMILES string of the molecule is O=C(O)c1c(C[N+]2(C3CCNCC3)CCCCC2)c(-c2ccccc2)nc2cc(Cl)ccc12. The van der Waals surface area contributed by atoms with Crippen LogP contribution in [0.1, 0.15) is 48.0 Å². The lowest BCUT2D eigenvalue weighted by Gasteiger charge is -2.49. The van der Waals surface area contributed by atoms with Crippen molar-refractivity contribution in [1.82, 2.24) is 10.3 Å². The number of carbonyl (C=O) groups is 1. The lowest BCUT2D eigenvalue weighted by Crippen LogP contribution is -2.60. The predicted molar refractivity (Wildman–Crippen MR) is 133 cm³/mol. The van der Waals surface area contributed by atoms with Crippen LogP contribution in [0.4, 0.5) is 0 Å². The number of aromatic nitrogens is 1. The van der Waals surface area contributed by atoms with Crippen LogP contribution in [0.25, 0.3) is 22.2 Å². The predicted octanol–water partition coefficient (Wildman–Crippen LogP) is 5.51. The zero-order valence-electron chi connectivity index (χ0n) is 18.9. The molecule has 3 aromatic rings. The van der Waals surface area contributed by atoms with E-state index in [1.807, 2.05) is 36.4 Å². The van der Waals surface area contributed by atoms with Crippen LogP contribution >= 0.6 is 11.6 Å². The summed E-state index contributed by atoms with van der Waals surface area (Å²) in [6.45, 7) is 5.00. The first-order valence-electron chi connectivity index (χ1n) is 12.0. The Bertz CT molecular complexity index is 1150. The fourth-order valence-corrected chi connectivity index (χ4v) is 6.14. The summed E-state index contributed by atoms with van der Waals surface area (Å²) in [6, 6.07) is 15.9. The number of aromatic carboxylic acids is 1. The van der Waals surface area contributed by atoms with Gasteiger partial charge in [-0.05, 0) is 31.4 Å². The van der Waals surface area contributed by atoms with E-state index in [4.69, 9.17) is 16.6 Å². The quantitative estimate of drug-likeness (QED) is 0.489. The minimum absolute atomic E-state index is 0.382. The highest BCUT2D eigenvalue weighted by Crippen LogP contribution is 2.37. The molecule has 2 saturated heterocycles. The molecule has 3 heterocycles. The van der Waals surface area contributed by atoms with Crippen LogP contribution in [0.15, 0.2) is 48.5 Å². The first kappa shape index (κ1) is 22.3. The Kier molecular flexibility index (Phi) is 6.37. The third-order valence-corrected chi connectivity index (χ3v) is 7.81. The minimum atomic E-state index is -0.891. The maximum atomic E-state index is 12.7. The fourth-order valence-electron chi connectivity index (χ4n) is 5.97. The van der Waals surface area contributed by atoms with Gasteiger partial charge in [0.15, 0.2) is 0 Å². The first-order valence-corrected chi connectivity index (χ1v) is 12.4. The summed E-state index contributed by atoms with van der Waals surface area (Å²) in [6.07, 6.45) is 5.93. The van der Waals surface area contributed by atoms with Crippen molar-refractivity contribution in [3.8, 4) is 11.3 Å². The summed E-state index contributed by atoms with van der Waals surface area (Å²) in [7, 11) is 0. The molecular weight excluding hydrogens is 434 g/mol.